The zero-order chi connectivity index (χ0) is 8.48. The minimum atomic E-state index is -4.18. The van der Waals surface area contributed by atoms with Gasteiger partial charge in [0.15, 0.2) is 0 Å². The lowest BCUT2D eigenvalue weighted by Gasteiger charge is -2.05. The van der Waals surface area contributed by atoms with Crippen LogP contribution in [0.1, 0.15) is 0 Å². The summed E-state index contributed by atoms with van der Waals surface area (Å²) in [5, 5.41) is 0. The Balaban J connectivity index is 2.65. The molecule has 0 bridgehead atoms. The van der Waals surface area contributed by atoms with Crippen molar-refractivity contribution in [2.24, 2.45) is 0 Å². The summed E-state index contributed by atoms with van der Waals surface area (Å²) < 4.78 is 36.4. The molecular weight excluding hydrogens is 225 g/mol. The van der Waals surface area contributed by atoms with Crippen LogP contribution in [0.5, 0.6) is 0 Å². The molecule has 0 spiro atoms. The van der Waals surface area contributed by atoms with Crippen molar-refractivity contribution in [2.75, 3.05) is 0 Å². The number of alkyl halides is 3. The predicted octanol–water partition coefficient (Wildman–Crippen LogP) is 2.21. The Morgan fingerprint density at radius 2 is 2.18 bits per heavy atom. The SMILES string of the molecule is FC(F)(F)Cn1cnc(Br)c1. The monoisotopic (exact) mass is 228 g/mol. The van der Waals surface area contributed by atoms with Crippen molar-refractivity contribution >= 4 is 15.9 Å². The number of hydrogen-bond acceptors (Lipinski definition) is 1. The second-order valence-electron chi connectivity index (χ2n) is 1.98. The quantitative estimate of drug-likeness (QED) is 0.721. The van der Waals surface area contributed by atoms with Crippen molar-refractivity contribution in [1.29, 1.82) is 0 Å². The molecule has 6 heteroatoms. The third-order valence-corrected chi connectivity index (χ3v) is 1.37. The lowest BCUT2D eigenvalue weighted by Crippen LogP contribution is -2.16. The molecule has 1 heterocycles. The molecule has 0 aliphatic heterocycles. The van der Waals surface area contributed by atoms with Crippen LogP contribution in [-0.2, 0) is 6.54 Å². The number of aromatic nitrogens is 2. The molecule has 0 saturated carbocycles. The van der Waals surface area contributed by atoms with Crippen LogP contribution in [0, 0.1) is 0 Å². The summed E-state index contributed by atoms with van der Waals surface area (Å²) in [5.74, 6) is 0. The molecule has 11 heavy (non-hydrogen) atoms. The van der Waals surface area contributed by atoms with Crippen LogP contribution >= 0.6 is 15.9 Å². The summed E-state index contributed by atoms with van der Waals surface area (Å²) in [7, 11) is 0. The molecule has 0 radical (unpaired) electrons. The van der Waals surface area contributed by atoms with Crippen LogP contribution in [0.3, 0.4) is 0 Å². The van der Waals surface area contributed by atoms with Gasteiger partial charge in [-0.1, -0.05) is 0 Å². The van der Waals surface area contributed by atoms with Crippen LogP contribution in [0.15, 0.2) is 17.1 Å². The fourth-order valence-corrected chi connectivity index (χ4v) is 0.981. The first-order chi connectivity index (χ1) is 4.97. The lowest BCUT2D eigenvalue weighted by molar-refractivity contribution is -0.140. The molecule has 0 aliphatic carbocycles. The highest BCUT2D eigenvalue weighted by molar-refractivity contribution is 9.10. The van der Waals surface area contributed by atoms with E-state index in [4.69, 9.17) is 0 Å². The van der Waals surface area contributed by atoms with Gasteiger partial charge < -0.3 is 4.57 Å². The molecule has 0 unspecified atom stereocenters. The molecular formula is C5H4BrF3N2. The van der Waals surface area contributed by atoms with E-state index in [0.717, 1.165) is 10.9 Å². The minimum absolute atomic E-state index is 0.404. The van der Waals surface area contributed by atoms with Crippen molar-refractivity contribution < 1.29 is 13.2 Å². The fourth-order valence-electron chi connectivity index (χ4n) is 0.626. The minimum Gasteiger partial charge on any atom is -0.327 e. The smallest absolute Gasteiger partial charge is 0.327 e. The van der Waals surface area contributed by atoms with Gasteiger partial charge in [-0.15, -0.1) is 0 Å². The highest BCUT2D eigenvalue weighted by Gasteiger charge is 2.27. The normalized spacial score (nSPS) is 12.0. The maximum atomic E-state index is 11.7. The van der Waals surface area contributed by atoms with E-state index in [1.807, 2.05) is 0 Å². The Bertz CT molecular complexity index is 242. The van der Waals surface area contributed by atoms with E-state index in [9.17, 15) is 13.2 Å². The first-order valence-corrected chi connectivity index (χ1v) is 3.51. The molecule has 0 aromatic carbocycles. The fraction of sp³-hybridized carbons (Fsp3) is 0.400. The van der Waals surface area contributed by atoms with Crippen molar-refractivity contribution in [3.05, 3.63) is 17.1 Å². The molecule has 0 fully saturated rings. The first-order valence-electron chi connectivity index (χ1n) is 2.71. The standard InChI is InChI=1S/C5H4BrF3N2/c6-4-1-11(3-10-4)2-5(7,8)9/h1,3H,2H2. The summed E-state index contributed by atoms with van der Waals surface area (Å²) in [6.07, 6.45) is -1.79. The summed E-state index contributed by atoms with van der Waals surface area (Å²) in [6, 6.07) is 0. The van der Waals surface area contributed by atoms with Gasteiger partial charge in [0.1, 0.15) is 11.1 Å². The van der Waals surface area contributed by atoms with Gasteiger partial charge >= 0.3 is 6.18 Å². The van der Waals surface area contributed by atoms with Crippen molar-refractivity contribution in [2.45, 2.75) is 12.7 Å². The van der Waals surface area contributed by atoms with Gasteiger partial charge in [-0.05, 0) is 15.9 Å². The Hall–Kier alpha value is -0.520. The van der Waals surface area contributed by atoms with E-state index in [-0.39, 0.29) is 0 Å². The third-order valence-electron chi connectivity index (χ3n) is 0.964. The van der Waals surface area contributed by atoms with E-state index >= 15 is 0 Å². The predicted molar refractivity (Wildman–Crippen MR) is 36.0 cm³/mol. The maximum Gasteiger partial charge on any atom is 0.406 e. The zero-order valence-electron chi connectivity index (χ0n) is 5.27. The van der Waals surface area contributed by atoms with Gasteiger partial charge in [0.25, 0.3) is 0 Å². The Kier molecular flexibility index (Phi) is 2.22. The average molecular weight is 229 g/mol. The number of hydrogen-bond donors (Lipinski definition) is 0. The maximum absolute atomic E-state index is 11.7. The van der Waals surface area contributed by atoms with Crippen LogP contribution < -0.4 is 0 Å². The molecule has 0 N–H and O–H groups in total. The molecule has 1 aromatic heterocycles. The highest BCUT2D eigenvalue weighted by Crippen LogP contribution is 2.18. The van der Waals surface area contributed by atoms with E-state index in [2.05, 4.69) is 20.9 Å². The number of rotatable bonds is 1. The molecule has 0 saturated heterocycles. The Labute approximate surface area is 69.2 Å². The topological polar surface area (TPSA) is 17.8 Å². The number of halogens is 4. The van der Waals surface area contributed by atoms with Gasteiger partial charge in [-0.25, -0.2) is 4.98 Å². The number of nitrogens with zero attached hydrogens (tertiary/aromatic N) is 2. The second kappa shape index (κ2) is 2.84. The van der Waals surface area contributed by atoms with Gasteiger partial charge in [0.2, 0.25) is 0 Å². The van der Waals surface area contributed by atoms with E-state index in [0.29, 0.717) is 4.60 Å². The number of imidazole rings is 1. The Morgan fingerprint density at radius 3 is 2.55 bits per heavy atom. The molecule has 1 aromatic rings. The van der Waals surface area contributed by atoms with Crippen molar-refractivity contribution in [3.63, 3.8) is 0 Å². The van der Waals surface area contributed by atoms with E-state index < -0.39 is 12.7 Å². The zero-order valence-corrected chi connectivity index (χ0v) is 6.85. The van der Waals surface area contributed by atoms with Gasteiger partial charge in [-0.3, -0.25) is 0 Å². The lowest BCUT2D eigenvalue weighted by atomic mass is 10.6. The molecule has 62 valence electrons. The molecule has 2 nitrogen and oxygen atoms in total. The molecule has 0 amide bonds. The summed E-state index contributed by atoms with van der Waals surface area (Å²) >= 11 is 2.94. The summed E-state index contributed by atoms with van der Waals surface area (Å²) in [6.45, 7) is -0.994. The van der Waals surface area contributed by atoms with E-state index in [1.165, 1.54) is 6.20 Å². The third kappa shape index (κ3) is 2.92. The molecule has 0 atom stereocenters. The summed E-state index contributed by atoms with van der Waals surface area (Å²) in [4.78, 5) is 3.58. The van der Waals surface area contributed by atoms with E-state index in [1.54, 1.807) is 0 Å². The van der Waals surface area contributed by atoms with Gasteiger partial charge in [-0.2, -0.15) is 13.2 Å². The molecule has 1 rings (SSSR count). The van der Waals surface area contributed by atoms with Gasteiger partial charge in [0, 0.05) is 6.20 Å². The second-order valence-corrected chi connectivity index (χ2v) is 2.80. The highest BCUT2D eigenvalue weighted by atomic mass is 79.9. The first kappa shape index (κ1) is 8.58. The van der Waals surface area contributed by atoms with Crippen molar-refractivity contribution in [1.82, 2.24) is 9.55 Å². The van der Waals surface area contributed by atoms with Crippen LogP contribution in [0.25, 0.3) is 0 Å². The largest absolute Gasteiger partial charge is 0.406 e. The van der Waals surface area contributed by atoms with Gasteiger partial charge in [0.05, 0.1) is 6.33 Å². The van der Waals surface area contributed by atoms with Crippen LogP contribution in [0.4, 0.5) is 13.2 Å². The van der Waals surface area contributed by atoms with Crippen LogP contribution in [-0.4, -0.2) is 15.7 Å². The van der Waals surface area contributed by atoms with Crippen LogP contribution in [0.2, 0.25) is 0 Å². The Morgan fingerprint density at radius 1 is 1.55 bits per heavy atom. The molecule has 0 aliphatic rings. The summed E-state index contributed by atoms with van der Waals surface area (Å²) in [5.41, 5.74) is 0. The average Bonchev–Trinajstić information content (AvgIpc) is 2.10. The van der Waals surface area contributed by atoms with Crippen molar-refractivity contribution in [3.8, 4) is 0 Å².